The fourth-order valence-corrected chi connectivity index (χ4v) is 3.12. The van der Waals surface area contributed by atoms with Crippen molar-refractivity contribution in [2.24, 2.45) is 0 Å². The topological polar surface area (TPSA) is 158 Å². The maximum Gasteiger partial charge on any atom is 0.417 e. The highest BCUT2D eigenvalue weighted by molar-refractivity contribution is 6.30. The summed E-state index contributed by atoms with van der Waals surface area (Å²) in [7, 11) is 1.93. The van der Waals surface area contributed by atoms with Crippen LogP contribution in [-0.2, 0) is 58.1 Å². The van der Waals surface area contributed by atoms with Crippen molar-refractivity contribution in [3.05, 3.63) is 78.4 Å². The van der Waals surface area contributed by atoms with Crippen LogP contribution in [0.2, 0.25) is 0 Å². The number of benzene rings is 2. The van der Waals surface area contributed by atoms with E-state index in [-0.39, 0.29) is 16.7 Å². The van der Waals surface area contributed by atoms with Crippen LogP contribution < -0.4 is 4.74 Å². The zero-order valence-electron chi connectivity index (χ0n) is 22.8. The first-order valence-corrected chi connectivity index (χ1v) is 11.8. The van der Waals surface area contributed by atoms with Crippen molar-refractivity contribution in [3.8, 4) is 16.9 Å². The molecule has 0 heterocycles. The van der Waals surface area contributed by atoms with Gasteiger partial charge in [0.15, 0.2) is 0 Å². The molecule has 0 spiro atoms. The van der Waals surface area contributed by atoms with Crippen LogP contribution in [0.3, 0.4) is 0 Å². The van der Waals surface area contributed by atoms with E-state index in [4.69, 9.17) is 18.9 Å². The molecule has 2 rings (SSSR count). The highest BCUT2D eigenvalue weighted by Crippen LogP contribution is 2.31. The van der Waals surface area contributed by atoms with Crippen LogP contribution in [0.15, 0.2) is 72.8 Å². The molecule has 0 unspecified atom stereocenters. The summed E-state index contributed by atoms with van der Waals surface area (Å²) < 4.78 is 29.5. The number of esters is 6. The third kappa shape index (κ3) is 8.62. The van der Waals surface area contributed by atoms with E-state index < -0.39 is 54.6 Å². The third-order valence-electron chi connectivity index (χ3n) is 5.37. The van der Waals surface area contributed by atoms with E-state index in [0.29, 0.717) is 16.9 Å². The highest BCUT2D eigenvalue weighted by Gasteiger charge is 2.42. The summed E-state index contributed by atoms with van der Waals surface area (Å²) in [5.74, 6) is -6.68. The Bertz CT molecular complexity index is 1320. The first kappa shape index (κ1) is 32.0. The lowest BCUT2D eigenvalue weighted by atomic mass is 9.92. The third-order valence-corrected chi connectivity index (χ3v) is 5.37. The molecule has 2 aromatic rings. The molecular formula is C29H28O12. The molecule has 0 N–H and O–H groups in total. The average molecular weight is 569 g/mol. The minimum absolute atomic E-state index is 0.0444. The maximum atomic E-state index is 12.6. The molecule has 0 aliphatic rings. The summed E-state index contributed by atoms with van der Waals surface area (Å²) in [6.07, 6.45) is 0. The van der Waals surface area contributed by atoms with Gasteiger partial charge < -0.3 is 28.4 Å². The van der Waals surface area contributed by atoms with E-state index in [2.05, 4.69) is 22.6 Å². The Labute approximate surface area is 235 Å². The summed E-state index contributed by atoms with van der Waals surface area (Å²) in [5.41, 5.74) is -0.275. The first-order chi connectivity index (χ1) is 19.3. The van der Waals surface area contributed by atoms with Crippen LogP contribution in [0, 0.1) is 0 Å². The smallest absolute Gasteiger partial charge is 0.417 e. The minimum Gasteiger partial charge on any atom is -0.461 e. The largest absolute Gasteiger partial charge is 0.461 e. The van der Waals surface area contributed by atoms with Gasteiger partial charge in [-0.05, 0) is 37.1 Å². The van der Waals surface area contributed by atoms with Crippen LogP contribution in [0.5, 0.6) is 5.75 Å². The van der Waals surface area contributed by atoms with Gasteiger partial charge in [-0.25, -0.2) is 28.8 Å². The molecule has 0 aromatic heterocycles. The fraction of sp³-hybridized carbons (Fsp3) is 0.241. The van der Waals surface area contributed by atoms with Crippen molar-refractivity contribution < 1.29 is 57.2 Å². The SMILES string of the molecule is C=C(C)C(=O)Oc1ccc(-c2ccc(C(COC(=O)C(=O)OC)(COC(=O)C(=O)OC)OC(=O)C(=C)C)cc2)cc1. The molecule has 0 radical (unpaired) electrons. The van der Waals surface area contributed by atoms with Crippen molar-refractivity contribution in [1.82, 2.24) is 0 Å². The molecule has 0 aliphatic heterocycles. The molecule has 12 heteroatoms. The van der Waals surface area contributed by atoms with Gasteiger partial charge in [0.2, 0.25) is 5.60 Å². The molecule has 41 heavy (non-hydrogen) atoms. The van der Waals surface area contributed by atoms with E-state index >= 15 is 0 Å². The Hall–Kier alpha value is -5.26. The number of hydrogen-bond acceptors (Lipinski definition) is 12. The van der Waals surface area contributed by atoms with Gasteiger partial charge in [0.1, 0.15) is 19.0 Å². The van der Waals surface area contributed by atoms with Gasteiger partial charge in [-0.3, -0.25) is 0 Å². The predicted molar refractivity (Wildman–Crippen MR) is 141 cm³/mol. The van der Waals surface area contributed by atoms with Gasteiger partial charge in [-0.15, -0.1) is 0 Å². The highest BCUT2D eigenvalue weighted by atomic mass is 16.6. The lowest BCUT2D eigenvalue weighted by Crippen LogP contribution is -2.44. The normalized spacial score (nSPS) is 10.4. The summed E-state index contributed by atoms with van der Waals surface area (Å²) >= 11 is 0. The lowest BCUT2D eigenvalue weighted by Gasteiger charge is -2.32. The predicted octanol–water partition coefficient (Wildman–Crippen LogP) is 2.58. The monoisotopic (exact) mass is 568 g/mol. The Kier molecular flexibility index (Phi) is 11.1. The second kappa shape index (κ2) is 14.2. The molecule has 2 aromatic carbocycles. The van der Waals surface area contributed by atoms with Crippen molar-refractivity contribution in [2.45, 2.75) is 19.4 Å². The van der Waals surface area contributed by atoms with Crippen LogP contribution in [0.4, 0.5) is 0 Å². The summed E-state index contributed by atoms with van der Waals surface area (Å²) in [6.45, 7) is 8.32. The second-order valence-corrected chi connectivity index (χ2v) is 8.57. The molecule has 0 saturated carbocycles. The van der Waals surface area contributed by atoms with Gasteiger partial charge in [-0.2, -0.15) is 0 Å². The van der Waals surface area contributed by atoms with E-state index in [9.17, 15) is 28.8 Å². The number of carbonyl (C=O) groups is 6. The van der Waals surface area contributed by atoms with Crippen molar-refractivity contribution in [1.29, 1.82) is 0 Å². The Morgan fingerprint density at radius 1 is 0.610 bits per heavy atom. The quantitative estimate of drug-likeness (QED) is 0.136. The van der Waals surface area contributed by atoms with E-state index in [1.54, 1.807) is 36.4 Å². The lowest BCUT2D eigenvalue weighted by molar-refractivity contribution is -0.189. The Morgan fingerprint density at radius 3 is 1.41 bits per heavy atom. The van der Waals surface area contributed by atoms with Crippen molar-refractivity contribution in [2.75, 3.05) is 27.4 Å². The molecular weight excluding hydrogens is 540 g/mol. The summed E-state index contributed by atoms with van der Waals surface area (Å²) in [4.78, 5) is 71.7. The number of carbonyl (C=O) groups excluding carboxylic acids is 6. The molecule has 0 amide bonds. The molecule has 0 bridgehead atoms. The van der Waals surface area contributed by atoms with Crippen LogP contribution in [-0.4, -0.2) is 63.2 Å². The number of hydrogen-bond donors (Lipinski definition) is 0. The van der Waals surface area contributed by atoms with Gasteiger partial charge in [0.25, 0.3) is 0 Å². The molecule has 0 saturated heterocycles. The second-order valence-electron chi connectivity index (χ2n) is 8.57. The van der Waals surface area contributed by atoms with Crippen molar-refractivity contribution >= 4 is 35.8 Å². The number of rotatable bonds is 10. The van der Waals surface area contributed by atoms with E-state index in [0.717, 1.165) is 14.2 Å². The molecule has 0 aliphatic carbocycles. The van der Waals surface area contributed by atoms with Crippen molar-refractivity contribution in [3.63, 3.8) is 0 Å². The Morgan fingerprint density at radius 2 is 1.02 bits per heavy atom. The standard InChI is InChI=1S/C29H28O12/c1-17(2)23(30)40-22-13-9-20(10-14-22)19-7-11-21(12-8-19)29(41-24(31)18(3)4,15-38-27(34)25(32)36-5)16-39-28(35)26(33)37-6/h7-14H,1,3,15-16H2,2,4-6H3. The molecule has 0 atom stereocenters. The molecule has 0 fully saturated rings. The van der Waals surface area contributed by atoms with E-state index in [1.807, 2.05) is 0 Å². The van der Waals surface area contributed by atoms with Gasteiger partial charge in [-0.1, -0.05) is 49.6 Å². The first-order valence-electron chi connectivity index (χ1n) is 11.8. The Balaban J connectivity index is 2.48. The van der Waals surface area contributed by atoms with E-state index in [1.165, 1.54) is 26.0 Å². The van der Waals surface area contributed by atoms with Crippen LogP contribution >= 0.6 is 0 Å². The average Bonchev–Trinajstić information content (AvgIpc) is 2.97. The van der Waals surface area contributed by atoms with Gasteiger partial charge in [0, 0.05) is 16.7 Å². The summed E-state index contributed by atoms with van der Waals surface area (Å²) in [5, 5.41) is 0. The van der Waals surface area contributed by atoms with Crippen LogP contribution in [0.25, 0.3) is 11.1 Å². The molecule has 12 nitrogen and oxygen atoms in total. The zero-order chi connectivity index (χ0) is 30.7. The van der Waals surface area contributed by atoms with Gasteiger partial charge >= 0.3 is 35.8 Å². The van der Waals surface area contributed by atoms with Gasteiger partial charge in [0.05, 0.1) is 14.2 Å². The summed E-state index contributed by atoms with van der Waals surface area (Å²) in [6, 6.07) is 12.8. The zero-order valence-corrected chi connectivity index (χ0v) is 22.8. The molecule has 216 valence electrons. The number of ether oxygens (including phenoxy) is 6. The minimum atomic E-state index is -2.03. The maximum absolute atomic E-state index is 12.6. The number of methoxy groups -OCH3 is 2. The van der Waals surface area contributed by atoms with Crippen LogP contribution in [0.1, 0.15) is 19.4 Å². The fourth-order valence-electron chi connectivity index (χ4n) is 3.12.